The fourth-order valence-corrected chi connectivity index (χ4v) is 4.09. The summed E-state index contributed by atoms with van der Waals surface area (Å²) in [7, 11) is 1.63. The van der Waals surface area contributed by atoms with Gasteiger partial charge in [-0.2, -0.15) is 5.10 Å². The third-order valence-electron chi connectivity index (χ3n) is 5.56. The van der Waals surface area contributed by atoms with Crippen molar-refractivity contribution in [3.63, 3.8) is 0 Å². The minimum atomic E-state index is -0.0354. The second-order valence-corrected chi connectivity index (χ2v) is 7.97. The molecule has 1 saturated heterocycles. The van der Waals surface area contributed by atoms with Crippen molar-refractivity contribution < 1.29 is 9.53 Å². The highest BCUT2D eigenvalue weighted by atomic mass is 35.5. The topological polar surface area (TPSA) is 59.7 Å². The molecule has 0 N–H and O–H groups in total. The lowest BCUT2D eigenvalue weighted by Crippen LogP contribution is -2.29. The van der Waals surface area contributed by atoms with Crippen molar-refractivity contribution >= 4 is 23.2 Å². The molecule has 3 heterocycles. The van der Waals surface area contributed by atoms with Gasteiger partial charge in [-0.15, -0.1) is 0 Å². The highest BCUT2D eigenvalue weighted by molar-refractivity contribution is 6.30. The van der Waals surface area contributed by atoms with Gasteiger partial charge < -0.3 is 9.64 Å². The van der Waals surface area contributed by atoms with Crippen LogP contribution < -0.4 is 4.74 Å². The molecule has 0 bridgehead atoms. The quantitative estimate of drug-likeness (QED) is 0.457. The molecule has 0 aliphatic carbocycles. The van der Waals surface area contributed by atoms with Gasteiger partial charge in [0.25, 0.3) is 5.91 Å². The molecule has 31 heavy (non-hydrogen) atoms. The van der Waals surface area contributed by atoms with Gasteiger partial charge in [0.1, 0.15) is 11.4 Å². The Labute approximate surface area is 185 Å². The van der Waals surface area contributed by atoms with Crippen molar-refractivity contribution in [1.29, 1.82) is 0 Å². The molecule has 156 valence electrons. The molecule has 5 rings (SSSR count). The minimum Gasteiger partial charge on any atom is -0.496 e. The molecule has 0 spiro atoms. The van der Waals surface area contributed by atoms with Gasteiger partial charge in [0.15, 0.2) is 5.65 Å². The zero-order chi connectivity index (χ0) is 21.4. The number of aromatic nitrogens is 3. The average molecular weight is 433 g/mol. The Morgan fingerprint density at radius 1 is 1.00 bits per heavy atom. The molecule has 7 heteroatoms. The zero-order valence-corrected chi connectivity index (χ0v) is 17.8. The first-order valence-electron chi connectivity index (χ1n) is 10.2. The summed E-state index contributed by atoms with van der Waals surface area (Å²) in [6, 6.07) is 18.8. The number of nitrogens with zero attached hydrogens (tertiary/aromatic N) is 4. The molecule has 0 saturated carbocycles. The summed E-state index contributed by atoms with van der Waals surface area (Å²) in [5, 5.41) is 5.38. The van der Waals surface area contributed by atoms with E-state index in [1.807, 2.05) is 65.6 Å². The van der Waals surface area contributed by atoms with Crippen LogP contribution in [0.25, 0.3) is 28.2 Å². The second-order valence-electron chi connectivity index (χ2n) is 7.53. The Kier molecular flexibility index (Phi) is 5.08. The van der Waals surface area contributed by atoms with E-state index >= 15 is 0 Å². The first-order valence-corrected chi connectivity index (χ1v) is 10.6. The molecule has 0 atom stereocenters. The van der Waals surface area contributed by atoms with E-state index < -0.39 is 0 Å². The number of carbonyl (C=O) groups excluding carboxylic acids is 1. The van der Waals surface area contributed by atoms with Crippen LogP contribution in [-0.2, 0) is 0 Å². The Bertz CT molecular complexity index is 1260. The van der Waals surface area contributed by atoms with E-state index in [9.17, 15) is 4.79 Å². The van der Waals surface area contributed by atoms with Crippen LogP contribution in [0.1, 0.15) is 23.3 Å². The van der Waals surface area contributed by atoms with E-state index in [-0.39, 0.29) is 5.91 Å². The number of methoxy groups -OCH3 is 1. The maximum absolute atomic E-state index is 13.4. The molecule has 2 aromatic heterocycles. The third-order valence-corrected chi connectivity index (χ3v) is 5.81. The van der Waals surface area contributed by atoms with Gasteiger partial charge in [-0.1, -0.05) is 35.9 Å². The van der Waals surface area contributed by atoms with Crippen LogP contribution in [0.4, 0.5) is 0 Å². The van der Waals surface area contributed by atoms with Gasteiger partial charge >= 0.3 is 0 Å². The number of likely N-dealkylation sites (tertiary alicyclic amines) is 1. The second kappa shape index (κ2) is 8.04. The Morgan fingerprint density at radius 3 is 2.48 bits per heavy atom. The first-order chi connectivity index (χ1) is 15.1. The lowest BCUT2D eigenvalue weighted by atomic mass is 10.1. The maximum atomic E-state index is 13.4. The average Bonchev–Trinajstić information content (AvgIpc) is 3.48. The number of halogens is 1. The summed E-state index contributed by atoms with van der Waals surface area (Å²) < 4.78 is 7.17. The number of rotatable bonds is 4. The number of carbonyl (C=O) groups is 1. The number of hydrogen-bond donors (Lipinski definition) is 0. The fourth-order valence-electron chi connectivity index (χ4n) is 3.96. The molecule has 6 nitrogen and oxygen atoms in total. The number of fused-ring (bicyclic) bond motifs is 1. The number of para-hydroxylation sites is 1. The standard InChI is InChI=1S/C24H21ClN4O2/c1-31-22-7-3-2-6-18(22)20-14-21(24(30)28-12-4-5-13-28)29-23(26-20)15-19(27-29)16-8-10-17(25)11-9-16/h2-3,6-11,14-15H,4-5,12-13H2,1H3. The molecule has 1 amide bonds. The molecular formula is C24H21ClN4O2. The first kappa shape index (κ1) is 19.6. The predicted molar refractivity (Wildman–Crippen MR) is 121 cm³/mol. The smallest absolute Gasteiger partial charge is 0.272 e. The Hall–Kier alpha value is -3.38. The van der Waals surface area contributed by atoms with Gasteiger partial charge in [0, 0.05) is 35.3 Å². The van der Waals surface area contributed by atoms with E-state index in [0.29, 0.717) is 27.8 Å². The van der Waals surface area contributed by atoms with Gasteiger partial charge in [-0.05, 0) is 43.2 Å². The van der Waals surface area contributed by atoms with Gasteiger partial charge in [0.2, 0.25) is 0 Å². The van der Waals surface area contributed by atoms with Crippen molar-refractivity contribution in [3.8, 4) is 28.3 Å². The van der Waals surface area contributed by atoms with Gasteiger partial charge in [-0.25, -0.2) is 9.50 Å². The summed E-state index contributed by atoms with van der Waals surface area (Å²) in [6.07, 6.45) is 2.04. The predicted octanol–water partition coefficient (Wildman–Crippen LogP) is 4.96. The molecule has 1 fully saturated rings. The maximum Gasteiger partial charge on any atom is 0.272 e. The van der Waals surface area contributed by atoms with Crippen LogP contribution in [0.3, 0.4) is 0 Å². The third kappa shape index (κ3) is 3.64. The van der Waals surface area contributed by atoms with Crippen molar-refractivity contribution in [2.45, 2.75) is 12.8 Å². The van der Waals surface area contributed by atoms with E-state index in [2.05, 4.69) is 0 Å². The van der Waals surface area contributed by atoms with Crippen LogP contribution in [0.2, 0.25) is 5.02 Å². The van der Waals surface area contributed by atoms with Crippen LogP contribution in [0.15, 0.2) is 60.7 Å². The molecule has 1 aliphatic rings. The molecule has 4 aromatic rings. The van der Waals surface area contributed by atoms with E-state index in [4.69, 9.17) is 26.4 Å². The number of hydrogen-bond acceptors (Lipinski definition) is 4. The summed E-state index contributed by atoms with van der Waals surface area (Å²) in [6.45, 7) is 1.52. The van der Waals surface area contributed by atoms with Crippen molar-refractivity contribution in [3.05, 3.63) is 71.4 Å². The molecular weight excluding hydrogens is 412 g/mol. The van der Waals surface area contributed by atoms with Crippen LogP contribution in [-0.4, -0.2) is 45.6 Å². The normalized spacial score (nSPS) is 13.7. The number of ether oxygens (including phenoxy) is 1. The number of amides is 1. The van der Waals surface area contributed by atoms with E-state index in [0.717, 1.165) is 42.8 Å². The highest BCUT2D eigenvalue weighted by Gasteiger charge is 2.24. The monoisotopic (exact) mass is 432 g/mol. The van der Waals surface area contributed by atoms with E-state index in [1.165, 1.54) is 0 Å². The largest absolute Gasteiger partial charge is 0.496 e. The fraction of sp³-hybridized carbons (Fsp3) is 0.208. The number of benzene rings is 2. The Balaban J connectivity index is 1.70. The highest BCUT2D eigenvalue weighted by Crippen LogP contribution is 2.31. The van der Waals surface area contributed by atoms with Crippen LogP contribution in [0.5, 0.6) is 5.75 Å². The summed E-state index contributed by atoms with van der Waals surface area (Å²) in [5.74, 6) is 0.670. The molecule has 1 aliphatic heterocycles. The van der Waals surface area contributed by atoms with E-state index in [1.54, 1.807) is 11.6 Å². The molecule has 0 unspecified atom stereocenters. The lowest BCUT2D eigenvalue weighted by molar-refractivity contribution is 0.0784. The molecule has 2 aromatic carbocycles. The van der Waals surface area contributed by atoms with Gasteiger partial charge in [0.05, 0.1) is 18.5 Å². The van der Waals surface area contributed by atoms with Crippen molar-refractivity contribution in [2.75, 3.05) is 20.2 Å². The van der Waals surface area contributed by atoms with Crippen molar-refractivity contribution in [2.24, 2.45) is 0 Å². The van der Waals surface area contributed by atoms with Crippen molar-refractivity contribution in [1.82, 2.24) is 19.5 Å². The van der Waals surface area contributed by atoms with Gasteiger partial charge in [-0.3, -0.25) is 4.79 Å². The molecule has 0 radical (unpaired) electrons. The summed E-state index contributed by atoms with van der Waals surface area (Å²) >= 11 is 6.03. The van der Waals surface area contributed by atoms with Crippen LogP contribution in [0, 0.1) is 0 Å². The van der Waals surface area contributed by atoms with Crippen LogP contribution >= 0.6 is 11.6 Å². The summed E-state index contributed by atoms with van der Waals surface area (Å²) in [4.78, 5) is 20.1. The SMILES string of the molecule is COc1ccccc1-c1cc(C(=O)N2CCCC2)n2nc(-c3ccc(Cl)cc3)cc2n1. The Morgan fingerprint density at radius 2 is 1.74 bits per heavy atom. The summed E-state index contributed by atoms with van der Waals surface area (Å²) in [5.41, 5.74) is 4.25. The zero-order valence-electron chi connectivity index (χ0n) is 17.1. The lowest BCUT2D eigenvalue weighted by Gasteiger charge is -2.17. The minimum absolute atomic E-state index is 0.0354.